The highest BCUT2D eigenvalue weighted by Crippen LogP contribution is 2.20. The van der Waals surface area contributed by atoms with Crippen molar-refractivity contribution in [1.82, 2.24) is 4.98 Å². The Balaban J connectivity index is 2.70. The van der Waals surface area contributed by atoms with Gasteiger partial charge in [-0.05, 0) is 6.92 Å². The van der Waals surface area contributed by atoms with E-state index in [9.17, 15) is 0 Å². The number of nitrogens with two attached hydrogens (primary N) is 1. The molecular weight excluding hydrogens is 156 g/mol. The Morgan fingerprint density at radius 1 is 1.91 bits per heavy atom. The predicted molar refractivity (Wildman–Crippen MR) is 47.2 cm³/mol. The zero-order chi connectivity index (χ0) is 8.27. The van der Waals surface area contributed by atoms with E-state index in [1.165, 1.54) is 0 Å². The fraction of sp³-hybridized carbons (Fsp3) is 0.375. The molecule has 0 amide bonds. The normalized spacial score (nSPS) is 12.5. The minimum Gasteiger partial charge on any atom is -0.322 e. The van der Waals surface area contributed by atoms with Gasteiger partial charge in [-0.1, -0.05) is 0 Å². The monoisotopic (exact) mass is 166 g/mol. The molecule has 1 rings (SSSR count). The molecule has 2 nitrogen and oxygen atoms in total. The number of rotatable bonds is 2. The number of terminal acetylenes is 1. The first-order valence-corrected chi connectivity index (χ1v) is 4.17. The molecule has 0 bridgehead atoms. The molecule has 11 heavy (non-hydrogen) atoms. The van der Waals surface area contributed by atoms with Crippen LogP contribution in [0.25, 0.3) is 0 Å². The molecule has 0 aliphatic rings. The number of nitrogens with zero attached hydrogens (tertiary/aromatic N) is 1. The van der Waals surface area contributed by atoms with Crippen molar-refractivity contribution in [1.29, 1.82) is 0 Å². The largest absolute Gasteiger partial charge is 0.322 e. The lowest BCUT2D eigenvalue weighted by Crippen LogP contribution is -2.06. The van der Waals surface area contributed by atoms with E-state index in [-0.39, 0.29) is 6.04 Å². The number of hydrogen-bond donors (Lipinski definition) is 1. The van der Waals surface area contributed by atoms with Gasteiger partial charge in [-0.3, -0.25) is 0 Å². The van der Waals surface area contributed by atoms with Crippen LogP contribution in [0.1, 0.15) is 22.3 Å². The predicted octanol–water partition coefficient (Wildman–Crippen LogP) is 1.47. The van der Waals surface area contributed by atoms with Crippen LogP contribution >= 0.6 is 11.3 Å². The quantitative estimate of drug-likeness (QED) is 0.676. The third-order valence-electron chi connectivity index (χ3n) is 1.34. The van der Waals surface area contributed by atoms with Gasteiger partial charge in [0, 0.05) is 17.5 Å². The van der Waals surface area contributed by atoms with Crippen molar-refractivity contribution in [2.45, 2.75) is 19.4 Å². The standard InChI is InChI=1S/C8H10N2S/c1-3-4-7(9)8-5-10-6(2)11-8/h1,5,7H,4,9H2,2H3. The van der Waals surface area contributed by atoms with Gasteiger partial charge in [0.1, 0.15) is 0 Å². The second-order valence-electron chi connectivity index (χ2n) is 2.30. The van der Waals surface area contributed by atoms with E-state index in [1.54, 1.807) is 17.5 Å². The third-order valence-corrected chi connectivity index (χ3v) is 2.39. The van der Waals surface area contributed by atoms with E-state index in [2.05, 4.69) is 10.9 Å². The summed E-state index contributed by atoms with van der Waals surface area (Å²) in [6.07, 6.45) is 7.51. The topological polar surface area (TPSA) is 38.9 Å². The van der Waals surface area contributed by atoms with Gasteiger partial charge in [-0.2, -0.15) is 0 Å². The van der Waals surface area contributed by atoms with Crippen LogP contribution in [0.4, 0.5) is 0 Å². The maximum Gasteiger partial charge on any atom is 0.0897 e. The fourth-order valence-corrected chi connectivity index (χ4v) is 1.56. The van der Waals surface area contributed by atoms with Gasteiger partial charge in [0.05, 0.1) is 11.0 Å². The summed E-state index contributed by atoms with van der Waals surface area (Å²) in [4.78, 5) is 5.16. The molecule has 0 aromatic carbocycles. The molecule has 0 aliphatic heterocycles. The van der Waals surface area contributed by atoms with Gasteiger partial charge in [-0.25, -0.2) is 4.98 Å². The molecule has 1 aromatic heterocycles. The summed E-state index contributed by atoms with van der Waals surface area (Å²) in [5, 5.41) is 1.03. The molecule has 1 unspecified atom stereocenters. The molecule has 1 atom stereocenters. The van der Waals surface area contributed by atoms with Gasteiger partial charge in [0.2, 0.25) is 0 Å². The molecule has 1 aromatic rings. The Labute approximate surface area is 70.5 Å². The Morgan fingerprint density at radius 2 is 2.64 bits per heavy atom. The first-order chi connectivity index (χ1) is 5.24. The molecule has 1 heterocycles. The van der Waals surface area contributed by atoms with Crippen molar-refractivity contribution in [3.8, 4) is 12.3 Å². The van der Waals surface area contributed by atoms with Gasteiger partial charge < -0.3 is 5.73 Å². The van der Waals surface area contributed by atoms with E-state index < -0.39 is 0 Å². The summed E-state index contributed by atoms with van der Waals surface area (Å²) in [5.74, 6) is 2.53. The minimum atomic E-state index is -0.0359. The Bertz CT molecular complexity index is 272. The highest BCUT2D eigenvalue weighted by atomic mass is 32.1. The SMILES string of the molecule is C#CCC(N)c1cnc(C)s1. The minimum absolute atomic E-state index is 0.0359. The van der Waals surface area contributed by atoms with Crippen LogP contribution in [0.3, 0.4) is 0 Å². The molecule has 0 radical (unpaired) electrons. The van der Waals surface area contributed by atoms with E-state index in [1.807, 2.05) is 6.92 Å². The summed E-state index contributed by atoms with van der Waals surface area (Å²) in [6.45, 7) is 1.96. The zero-order valence-corrected chi connectivity index (χ0v) is 7.19. The van der Waals surface area contributed by atoms with Crippen LogP contribution in [-0.2, 0) is 0 Å². The maximum atomic E-state index is 5.75. The summed E-state index contributed by atoms with van der Waals surface area (Å²) in [5.41, 5.74) is 5.75. The van der Waals surface area contributed by atoms with Crippen LogP contribution < -0.4 is 5.73 Å². The van der Waals surface area contributed by atoms with E-state index in [4.69, 9.17) is 12.2 Å². The molecule has 58 valence electrons. The first-order valence-electron chi connectivity index (χ1n) is 3.35. The number of aromatic nitrogens is 1. The Morgan fingerprint density at radius 3 is 3.09 bits per heavy atom. The number of hydrogen-bond acceptors (Lipinski definition) is 3. The number of thiazole rings is 1. The molecule has 0 aliphatic carbocycles. The molecule has 2 N–H and O–H groups in total. The highest BCUT2D eigenvalue weighted by molar-refractivity contribution is 7.11. The third kappa shape index (κ3) is 2.04. The maximum absolute atomic E-state index is 5.75. The van der Waals surface area contributed by atoms with Crippen LogP contribution in [0.2, 0.25) is 0 Å². The smallest absolute Gasteiger partial charge is 0.0897 e. The van der Waals surface area contributed by atoms with Gasteiger partial charge in [0.25, 0.3) is 0 Å². The van der Waals surface area contributed by atoms with Crippen molar-refractivity contribution in [3.05, 3.63) is 16.1 Å². The molecule has 0 spiro atoms. The Kier molecular flexibility index (Phi) is 2.64. The lowest BCUT2D eigenvalue weighted by molar-refractivity contribution is 0.769. The van der Waals surface area contributed by atoms with E-state index >= 15 is 0 Å². The highest BCUT2D eigenvalue weighted by Gasteiger charge is 2.06. The van der Waals surface area contributed by atoms with Crippen LogP contribution in [-0.4, -0.2) is 4.98 Å². The van der Waals surface area contributed by atoms with Crippen LogP contribution in [0.5, 0.6) is 0 Å². The second kappa shape index (κ2) is 3.51. The summed E-state index contributed by atoms with van der Waals surface area (Å²) in [7, 11) is 0. The Hall–Kier alpha value is -0.850. The van der Waals surface area contributed by atoms with Crippen LogP contribution in [0.15, 0.2) is 6.20 Å². The van der Waals surface area contributed by atoms with E-state index in [0.29, 0.717) is 6.42 Å². The van der Waals surface area contributed by atoms with Crippen molar-refractivity contribution in [2.75, 3.05) is 0 Å². The first kappa shape index (κ1) is 8.25. The molecular formula is C8H10N2S. The molecule has 0 saturated heterocycles. The summed E-state index contributed by atoms with van der Waals surface area (Å²) >= 11 is 1.60. The van der Waals surface area contributed by atoms with Crippen LogP contribution in [0, 0.1) is 19.3 Å². The van der Waals surface area contributed by atoms with Crippen molar-refractivity contribution >= 4 is 11.3 Å². The number of aryl methyl sites for hydroxylation is 1. The fourth-order valence-electron chi connectivity index (χ4n) is 0.777. The van der Waals surface area contributed by atoms with Crippen molar-refractivity contribution in [2.24, 2.45) is 5.73 Å². The lowest BCUT2D eigenvalue weighted by atomic mass is 10.2. The molecule has 0 fully saturated rings. The zero-order valence-electron chi connectivity index (χ0n) is 6.37. The summed E-state index contributed by atoms with van der Waals surface area (Å²) in [6, 6.07) is -0.0359. The van der Waals surface area contributed by atoms with E-state index in [0.717, 1.165) is 9.88 Å². The average molecular weight is 166 g/mol. The molecule has 3 heteroatoms. The van der Waals surface area contributed by atoms with Crippen molar-refractivity contribution < 1.29 is 0 Å². The van der Waals surface area contributed by atoms with Gasteiger partial charge in [-0.15, -0.1) is 23.7 Å². The van der Waals surface area contributed by atoms with Gasteiger partial charge >= 0.3 is 0 Å². The average Bonchev–Trinajstić information content (AvgIpc) is 2.36. The van der Waals surface area contributed by atoms with Crippen molar-refractivity contribution in [3.63, 3.8) is 0 Å². The molecule has 0 saturated carbocycles. The lowest BCUT2D eigenvalue weighted by Gasteiger charge is -2.01. The van der Waals surface area contributed by atoms with Gasteiger partial charge in [0.15, 0.2) is 0 Å². The second-order valence-corrected chi connectivity index (χ2v) is 3.56. The summed E-state index contributed by atoms with van der Waals surface area (Å²) < 4.78 is 0.